The van der Waals surface area contributed by atoms with E-state index in [1.54, 1.807) is 0 Å². The van der Waals surface area contributed by atoms with Crippen LogP contribution >= 0.6 is 0 Å². The molecule has 1 unspecified atom stereocenters. The lowest BCUT2D eigenvalue weighted by Gasteiger charge is -2.15. The Balaban J connectivity index is 2.59. The predicted octanol–water partition coefficient (Wildman–Crippen LogP) is 1.23. The Labute approximate surface area is 110 Å². The highest BCUT2D eigenvalue weighted by atomic mass is 19.1. The maximum atomic E-state index is 13.5. The third-order valence-corrected chi connectivity index (χ3v) is 2.34. The van der Waals surface area contributed by atoms with E-state index in [2.05, 4.69) is 5.32 Å². The molecule has 0 fully saturated rings. The van der Waals surface area contributed by atoms with Gasteiger partial charge in [-0.3, -0.25) is 4.79 Å². The molecular formula is C13H15FN2O3. The number of nitrogens with one attached hydrogen (secondary N) is 1. The summed E-state index contributed by atoms with van der Waals surface area (Å²) in [6.07, 6.45) is -0.834. The average molecular weight is 266 g/mol. The first-order chi connectivity index (χ1) is 9.08. The molecule has 5 nitrogen and oxygen atoms in total. The van der Waals surface area contributed by atoms with Gasteiger partial charge >= 0.3 is 0 Å². The first-order valence-corrected chi connectivity index (χ1v) is 5.71. The van der Waals surface area contributed by atoms with Crippen molar-refractivity contribution >= 4 is 5.91 Å². The van der Waals surface area contributed by atoms with Crippen LogP contribution in [0.5, 0.6) is 5.75 Å². The molecule has 1 aromatic rings. The van der Waals surface area contributed by atoms with Crippen molar-refractivity contribution in [3.05, 3.63) is 29.6 Å². The predicted molar refractivity (Wildman–Crippen MR) is 66.1 cm³/mol. The van der Waals surface area contributed by atoms with Crippen molar-refractivity contribution in [1.29, 1.82) is 5.26 Å². The number of benzene rings is 1. The van der Waals surface area contributed by atoms with Gasteiger partial charge in [0.25, 0.3) is 5.91 Å². The Morgan fingerprint density at radius 1 is 1.58 bits per heavy atom. The highest BCUT2D eigenvalue weighted by Gasteiger charge is 2.16. The smallest absolute Gasteiger partial charge is 0.260 e. The Kier molecular flexibility index (Phi) is 5.76. The highest BCUT2D eigenvalue weighted by Crippen LogP contribution is 2.19. The van der Waals surface area contributed by atoms with Crippen molar-refractivity contribution in [2.75, 3.05) is 20.3 Å². The lowest BCUT2D eigenvalue weighted by atomic mass is 10.2. The van der Waals surface area contributed by atoms with Gasteiger partial charge in [-0.05, 0) is 25.1 Å². The Morgan fingerprint density at radius 2 is 2.32 bits per heavy atom. The van der Waals surface area contributed by atoms with Crippen LogP contribution in [-0.4, -0.2) is 32.3 Å². The summed E-state index contributed by atoms with van der Waals surface area (Å²) in [5.41, 5.74) is 0.196. The van der Waals surface area contributed by atoms with Crippen LogP contribution < -0.4 is 10.1 Å². The zero-order valence-corrected chi connectivity index (χ0v) is 10.8. The van der Waals surface area contributed by atoms with Gasteiger partial charge in [-0.25, -0.2) is 4.39 Å². The number of rotatable bonds is 6. The SMILES string of the molecule is COCCNC(=O)C(C)Oc1ccc(C#N)cc1F. The van der Waals surface area contributed by atoms with Crippen LogP contribution in [-0.2, 0) is 9.53 Å². The molecule has 19 heavy (non-hydrogen) atoms. The van der Waals surface area contributed by atoms with Crippen molar-refractivity contribution in [1.82, 2.24) is 5.32 Å². The number of hydrogen-bond acceptors (Lipinski definition) is 4. The Hall–Kier alpha value is -2.13. The number of amides is 1. The van der Waals surface area contributed by atoms with Gasteiger partial charge in [-0.15, -0.1) is 0 Å². The molecule has 0 saturated carbocycles. The number of carbonyl (C=O) groups is 1. The maximum absolute atomic E-state index is 13.5. The first-order valence-electron chi connectivity index (χ1n) is 5.71. The molecule has 1 aromatic carbocycles. The summed E-state index contributed by atoms with van der Waals surface area (Å²) < 4.78 is 23.5. The average Bonchev–Trinajstić information content (AvgIpc) is 2.41. The van der Waals surface area contributed by atoms with Gasteiger partial charge in [-0.1, -0.05) is 0 Å². The van der Waals surface area contributed by atoms with Gasteiger partial charge in [0.05, 0.1) is 18.2 Å². The third-order valence-electron chi connectivity index (χ3n) is 2.34. The van der Waals surface area contributed by atoms with Gasteiger partial charge in [0.15, 0.2) is 17.7 Å². The molecule has 0 radical (unpaired) electrons. The van der Waals surface area contributed by atoms with Crippen LogP contribution in [0.3, 0.4) is 0 Å². The zero-order chi connectivity index (χ0) is 14.3. The second-order valence-electron chi connectivity index (χ2n) is 3.80. The van der Waals surface area contributed by atoms with Crippen molar-refractivity contribution < 1.29 is 18.7 Å². The summed E-state index contributed by atoms with van der Waals surface area (Å²) >= 11 is 0. The van der Waals surface area contributed by atoms with E-state index >= 15 is 0 Å². The number of ether oxygens (including phenoxy) is 2. The monoisotopic (exact) mass is 266 g/mol. The van der Waals surface area contributed by atoms with Crippen LogP contribution in [0.2, 0.25) is 0 Å². The topological polar surface area (TPSA) is 71.3 Å². The van der Waals surface area contributed by atoms with E-state index in [4.69, 9.17) is 14.7 Å². The summed E-state index contributed by atoms with van der Waals surface area (Å²) in [5.74, 6) is -1.09. The number of nitrogens with zero attached hydrogens (tertiary/aromatic N) is 1. The molecule has 0 aromatic heterocycles. The molecule has 102 valence electrons. The third kappa shape index (κ3) is 4.56. The van der Waals surface area contributed by atoms with Crippen molar-refractivity contribution in [2.24, 2.45) is 0 Å². The van der Waals surface area contributed by atoms with E-state index < -0.39 is 11.9 Å². The standard InChI is InChI=1S/C13H15FN2O3/c1-9(13(17)16-5-6-18-2)19-12-4-3-10(8-15)7-11(12)14/h3-4,7,9H,5-6H2,1-2H3,(H,16,17). The highest BCUT2D eigenvalue weighted by molar-refractivity contribution is 5.80. The number of nitriles is 1. The Morgan fingerprint density at radius 3 is 2.89 bits per heavy atom. The van der Waals surface area contributed by atoms with E-state index in [1.807, 2.05) is 6.07 Å². The number of halogens is 1. The van der Waals surface area contributed by atoms with Gasteiger partial charge in [0.1, 0.15) is 0 Å². The van der Waals surface area contributed by atoms with Crippen LogP contribution in [0.15, 0.2) is 18.2 Å². The van der Waals surface area contributed by atoms with Crippen molar-refractivity contribution in [3.8, 4) is 11.8 Å². The molecule has 1 N–H and O–H groups in total. The number of methoxy groups -OCH3 is 1. The minimum Gasteiger partial charge on any atom is -0.478 e. The molecule has 0 aliphatic heterocycles. The number of hydrogen-bond donors (Lipinski definition) is 1. The second-order valence-corrected chi connectivity index (χ2v) is 3.80. The molecule has 6 heteroatoms. The summed E-state index contributed by atoms with van der Waals surface area (Å²) in [7, 11) is 1.53. The van der Waals surface area contributed by atoms with E-state index in [0.29, 0.717) is 13.2 Å². The molecule has 1 rings (SSSR count). The summed E-state index contributed by atoms with van der Waals surface area (Å²) in [4.78, 5) is 11.6. The Bertz CT molecular complexity index is 485. The molecule has 0 aliphatic carbocycles. The van der Waals surface area contributed by atoms with Crippen LogP contribution in [0.4, 0.5) is 4.39 Å². The van der Waals surface area contributed by atoms with E-state index in [0.717, 1.165) is 6.07 Å². The van der Waals surface area contributed by atoms with Gasteiger partial charge in [0, 0.05) is 13.7 Å². The largest absolute Gasteiger partial charge is 0.478 e. The van der Waals surface area contributed by atoms with Gasteiger partial charge in [0.2, 0.25) is 0 Å². The molecule has 0 spiro atoms. The van der Waals surface area contributed by atoms with E-state index in [9.17, 15) is 9.18 Å². The lowest BCUT2D eigenvalue weighted by Crippen LogP contribution is -2.38. The quantitative estimate of drug-likeness (QED) is 0.786. The van der Waals surface area contributed by atoms with Crippen LogP contribution in [0, 0.1) is 17.1 Å². The summed E-state index contributed by atoms with van der Waals surface area (Å²) in [6, 6.07) is 5.63. The van der Waals surface area contributed by atoms with Crippen LogP contribution in [0.1, 0.15) is 12.5 Å². The van der Waals surface area contributed by atoms with Crippen molar-refractivity contribution in [2.45, 2.75) is 13.0 Å². The van der Waals surface area contributed by atoms with E-state index in [1.165, 1.54) is 26.2 Å². The molecule has 0 heterocycles. The fourth-order valence-corrected chi connectivity index (χ4v) is 1.33. The second kappa shape index (κ2) is 7.34. The normalized spacial score (nSPS) is 11.5. The first kappa shape index (κ1) is 14.9. The molecule has 0 saturated heterocycles. The fraction of sp³-hybridized carbons (Fsp3) is 0.385. The molecule has 0 aliphatic rings. The van der Waals surface area contributed by atoms with Crippen molar-refractivity contribution in [3.63, 3.8) is 0 Å². The molecule has 1 atom stereocenters. The maximum Gasteiger partial charge on any atom is 0.260 e. The minimum atomic E-state index is -0.834. The summed E-state index contributed by atoms with van der Waals surface area (Å²) in [5, 5.41) is 11.2. The summed E-state index contributed by atoms with van der Waals surface area (Å²) in [6.45, 7) is 2.27. The van der Waals surface area contributed by atoms with E-state index in [-0.39, 0.29) is 17.2 Å². The minimum absolute atomic E-state index is 0.0617. The lowest BCUT2D eigenvalue weighted by molar-refractivity contribution is -0.127. The molecule has 0 bridgehead atoms. The zero-order valence-electron chi connectivity index (χ0n) is 10.8. The van der Waals surface area contributed by atoms with Gasteiger partial charge in [-0.2, -0.15) is 5.26 Å². The fourth-order valence-electron chi connectivity index (χ4n) is 1.33. The molecular weight excluding hydrogens is 251 g/mol. The van der Waals surface area contributed by atoms with Gasteiger partial charge < -0.3 is 14.8 Å². The molecule has 1 amide bonds. The van der Waals surface area contributed by atoms with Crippen LogP contribution in [0.25, 0.3) is 0 Å². The number of carbonyl (C=O) groups excluding carboxylic acids is 1.